The Kier molecular flexibility index (Phi) is 6.16. The van der Waals surface area contributed by atoms with Gasteiger partial charge in [0.05, 0.1) is 13.2 Å². The first-order valence-electron chi connectivity index (χ1n) is 5.52. The van der Waals surface area contributed by atoms with Gasteiger partial charge in [-0.15, -0.1) is 0 Å². The van der Waals surface area contributed by atoms with Gasteiger partial charge >= 0.3 is 5.51 Å². The molecule has 1 aromatic rings. The lowest BCUT2D eigenvalue weighted by Crippen LogP contribution is -2.36. The molecule has 0 spiro atoms. The lowest BCUT2D eigenvalue weighted by Gasteiger charge is -2.31. The Bertz CT molecular complexity index is 408. The maximum Gasteiger partial charge on any atom is 0.441 e. The number of hydrogen-bond acceptors (Lipinski definition) is 3. The largest absolute Gasteiger partial charge is 0.441 e. The summed E-state index contributed by atoms with van der Waals surface area (Å²) in [5.74, 6) is -0.216. The lowest BCUT2D eigenvalue weighted by atomic mass is 9.79. The van der Waals surface area contributed by atoms with E-state index in [0.717, 1.165) is 0 Å². The molecular formula is C12H14BrF3O2S. The van der Waals surface area contributed by atoms with Gasteiger partial charge in [0, 0.05) is 15.6 Å². The van der Waals surface area contributed by atoms with Crippen molar-refractivity contribution in [2.75, 3.05) is 19.0 Å². The quantitative estimate of drug-likeness (QED) is 0.819. The zero-order valence-electron chi connectivity index (χ0n) is 9.95. The van der Waals surface area contributed by atoms with Gasteiger partial charge in [-0.2, -0.15) is 13.2 Å². The fraction of sp³-hybridized carbons (Fsp3) is 0.500. The van der Waals surface area contributed by atoms with Crippen LogP contribution in [-0.4, -0.2) is 34.7 Å². The van der Waals surface area contributed by atoms with Crippen LogP contribution in [0.25, 0.3) is 0 Å². The van der Waals surface area contributed by atoms with Crippen molar-refractivity contribution in [2.45, 2.75) is 17.3 Å². The summed E-state index contributed by atoms with van der Waals surface area (Å²) in [5, 5.41) is 19.0. The molecule has 0 aliphatic carbocycles. The van der Waals surface area contributed by atoms with Gasteiger partial charge in [-0.05, 0) is 18.1 Å². The van der Waals surface area contributed by atoms with Crippen LogP contribution in [0.4, 0.5) is 13.2 Å². The number of benzene rings is 1. The second-order valence-corrected chi connectivity index (χ2v) is 6.13. The van der Waals surface area contributed by atoms with Crippen LogP contribution in [0.2, 0.25) is 0 Å². The molecule has 7 heteroatoms. The monoisotopic (exact) mass is 358 g/mol. The first kappa shape index (κ1) is 16.8. The number of alkyl halides is 3. The van der Waals surface area contributed by atoms with Crippen molar-refractivity contribution < 1.29 is 23.4 Å². The summed E-state index contributed by atoms with van der Waals surface area (Å²) in [6.45, 7) is -0.824. The minimum atomic E-state index is -4.30. The van der Waals surface area contributed by atoms with Gasteiger partial charge in [0.15, 0.2) is 0 Å². The molecule has 0 fully saturated rings. The van der Waals surface area contributed by atoms with Gasteiger partial charge in [0.2, 0.25) is 0 Å². The van der Waals surface area contributed by atoms with Crippen molar-refractivity contribution in [3.63, 3.8) is 0 Å². The zero-order chi connectivity index (χ0) is 14.5. The molecule has 0 aliphatic heterocycles. The predicted molar refractivity (Wildman–Crippen MR) is 73.1 cm³/mol. The Balaban J connectivity index is 2.89. The van der Waals surface area contributed by atoms with Crippen molar-refractivity contribution in [2.24, 2.45) is 0 Å². The van der Waals surface area contributed by atoms with Crippen LogP contribution in [0.5, 0.6) is 0 Å². The summed E-state index contributed by atoms with van der Waals surface area (Å²) in [6.07, 6.45) is 0.0345. The summed E-state index contributed by atoms with van der Waals surface area (Å²) in [6, 6.07) is 6.90. The molecule has 0 unspecified atom stereocenters. The van der Waals surface area contributed by atoms with Gasteiger partial charge in [-0.1, -0.05) is 45.9 Å². The number of hydrogen-bond donors (Lipinski definition) is 2. The van der Waals surface area contributed by atoms with E-state index in [4.69, 9.17) is 0 Å². The van der Waals surface area contributed by atoms with Crippen molar-refractivity contribution in [1.82, 2.24) is 0 Å². The lowest BCUT2D eigenvalue weighted by molar-refractivity contribution is -0.0329. The smallest absolute Gasteiger partial charge is 0.395 e. The van der Waals surface area contributed by atoms with Gasteiger partial charge in [0.1, 0.15) is 0 Å². The minimum absolute atomic E-state index is 0.0345. The van der Waals surface area contributed by atoms with Crippen molar-refractivity contribution in [3.8, 4) is 0 Å². The molecule has 0 heterocycles. The SMILES string of the molecule is OCC(CO)(CCSC(F)(F)F)c1ccccc1Br. The molecule has 0 amide bonds. The number of thioether (sulfide) groups is 1. The van der Waals surface area contributed by atoms with Crippen molar-refractivity contribution >= 4 is 27.7 Å². The standard InChI is InChI=1S/C12H14BrF3O2S/c13-10-4-2-1-3-9(10)11(7-17,8-18)5-6-19-12(14,15)16/h1-4,17-18H,5-8H2. The summed E-state index contributed by atoms with van der Waals surface area (Å²) in [4.78, 5) is 0. The molecule has 0 atom stereocenters. The van der Waals surface area contributed by atoms with Gasteiger partial charge < -0.3 is 10.2 Å². The average Bonchev–Trinajstić information content (AvgIpc) is 2.35. The third-order valence-electron chi connectivity index (χ3n) is 2.90. The van der Waals surface area contributed by atoms with Crippen LogP contribution in [0.1, 0.15) is 12.0 Å². The summed E-state index contributed by atoms with van der Waals surface area (Å²) in [5.41, 5.74) is -4.76. The van der Waals surface area contributed by atoms with Crippen LogP contribution in [0, 0.1) is 0 Å². The fourth-order valence-corrected chi connectivity index (χ4v) is 3.20. The molecule has 0 saturated heterocycles. The highest BCUT2D eigenvalue weighted by Gasteiger charge is 2.35. The Labute approximate surface area is 122 Å². The maximum atomic E-state index is 12.1. The Hall–Kier alpha value is -0.240. The van der Waals surface area contributed by atoms with Crippen molar-refractivity contribution in [3.05, 3.63) is 34.3 Å². The number of aliphatic hydroxyl groups is 2. The van der Waals surface area contributed by atoms with E-state index in [0.29, 0.717) is 10.0 Å². The highest BCUT2D eigenvalue weighted by atomic mass is 79.9. The van der Waals surface area contributed by atoms with Crippen LogP contribution in [-0.2, 0) is 5.41 Å². The van der Waals surface area contributed by atoms with Gasteiger partial charge in [-0.3, -0.25) is 0 Å². The predicted octanol–water partition coefficient (Wildman–Crippen LogP) is 3.31. The summed E-state index contributed by atoms with van der Waals surface area (Å²) < 4.78 is 37.1. The Morgan fingerprint density at radius 1 is 1.11 bits per heavy atom. The zero-order valence-corrected chi connectivity index (χ0v) is 12.4. The first-order valence-corrected chi connectivity index (χ1v) is 7.30. The van der Waals surface area contributed by atoms with E-state index in [-0.39, 0.29) is 23.9 Å². The number of aliphatic hydroxyl groups excluding tert-OH is 2. The van der Waals surface area contributed by atoms with E-state index in [1.54, 1.807) is 24.3 Å². The molecule has 0 bridgehead atoms. The van der Waals surface area contributed by atoms with E-state index in [9.17, 15) is 23.4 Å². The molecule has 19 heavy (non-hydrogen) atoms. The normalized spacial score (nSPS) is 12.7. The third-order valence-corrected chi connectivity index (χ3v) is 4.32. The fourth-order valence-electron chi connectivity index (χ4n) is 1.77. The summed E-state index contributed by atoms with van der Waals surface area (Å²) >= 11 is 3.15. The molecular weight excluding hydrogens is 345 g/mol. The van der Waals surface area contributed by atoms with Gasteiger partial charge in [-0.25, -0.2) is 0 Å². The van der Waals surface area contributed by atoms with Crippen LogP contribution < -0.4 is 0 Å². The molecule has 1 aromatic carbocycles. The second kappa shape index (κ2) is 6.97. The molecule has 0 saturated carbocycles. The molecule has 108 valence electrons. The summed E-state index contributed by atoms with van der Waals surface area (Å²) in [7, 11) is 0. The Morgan fingerprint density at radius 3 is 2.16 bits per heavy atom. The third kappa shape index (κ3) is 4.66. The highest BCUT2D eigenvalue weighted by Crippen LogP contribution is 2.37. The van der Waals surface area contributed by atoms with E-state index >= 15 is 0 Å². The highest BCUT2D eigenvalue weighted by molar-refractivity contribution is 9.10. The van der Waals surface area contributed by atoms with Crippen LogP contribution in [0.15, 0.2) is 28.7 Å². The second-order valence-electron chi connectivity index (χ2n) is 4.12. The Morgan fingerprint density at radius 2 is 1.68 bits per heavy atom. The van der Waals surface area contributed by atoms with E-state index in [1.165, 1.54) is 0 Å². The molecule has 0 aromatic heterocycles. The minimum Gasteiger partial charge on any atom is -0.395 e. The topological polar surface area (TPSA) is 40.5 Å². The maximum absolute atomic E-state index is 12.1. The molecule has 2 N–H and O–H groups in total. The average molecular weight is 359 g/mol. The molecule has 2 nitrogen and oxygen atoms in total. The number of rotatable bonds is 6. The van der Waals surface area contributed by atoms with E-state index in [1.807, 2.05) is 0 Å². The van der Waals surface area contributed by atoms with Crippen molar-refractivity contribution in [1.29, 1.82) is 0 Å². The van der Waals surface area contributed by atoms with E-state index < -0.39 is 24.1 Å². The van der Waals surface area contributed by atoms with Crippen LogP contribution >= 0.6 is 27.7 Å². The van der Waals surface area contributed by atoms with Gasteiger partial charge in [0.25, 0.3) is 0 Å². The van der Waals surface area contributed by atoms with E-state index in [2.05, 4.69) is 15.9 Å². The molecule has 0 radical (unpaired) electrons. The van der Waals surface area contributed by atoms with Crippen LogP contribution in [0.3, 0.4) is 0 Å². The first-order chi connectivity index (χ1) is 8.84. The number of halogens is 4. The molecule has 1 rings (SSSR count). The molecule has 0 aliphatic rings.